The summed E-state index contributed by atoms with van der Waals surface area (Å²) in [5.74, 6) is 1.41. The molecule has 0 unspecified atom stereocenters. The van der Waals surface area contributed by atoms with Gasteiger partial charge in [-0.3, -0.25) is 5.73 Å². The Morgan fingerprint density at radius 1 is 1.05 bits per heavy atom. The fourth-order valence-corrected chi connectivity index (χ4v) is 2.59. The van der Waals surface area contributed by atoms with Crippen LogP contribution in [0.25, 0.3) is 10.9 Å². The first-order chi connectivity index (χ1) is 10.2. The number of anilines is 3. The van der Waals surface area contributed by atoms with E-state index in [2.05, 4.69) is 41.1 Å². The first-order valence-electron chi connectivity index (χ1n) is 7.09. The van der Waals surface area contributed by atoms with Crippen LogP contribution in [0.5, 0.6) is 0 Å². The zero-order chi connectivity index (χ0) is 14.8. The van der Waals surface area contributed by atoms with E-state index in [1.165, 1.54) is 0 Å². The Morgan fingerprint density at radius 3 is 2.43 bits per heavy atom. The summed E-state index contributed by atoms with van der Waals surface area (Å²) in [6, 6.07) is 18.5. The van der Waals surface area contributed by atoms with Gasteiger partial charge in [0.25, 0.3) is 0 Å². The molecule has 106 valence electrons. The van der Waals surface area contributed by atoms with Crippen molar-refractivity contribution in [1.82, 2.24) is 4.98 Å². The summed E-state index contributed by atoms with van der Waals surface area (Å²) in [5.41, 5.74) is 8.28. The second-order valence-corrected chi connectivity index (χ2v) is 4.95. The summed E-state index contributed by atoms with van der Waals surface area (Å²) in [6.07, 6.45) is 0. The molecule has 0 aliphatic heterocycles. The number of fused-ring (bicyclic) bond motifs is 1. The van der Waals surface area contributed by atoms with E-state index in [1.807, 2.05) is 41.9 Å². The molecule has 0 saturated heterocycles. The average Bonchev–Trinajstić information content (AvgIpc) is 2.54. The number of para-hydroxylation sites is 2. The second kappa shape index (κ2) is 5.40. The Bertz CT molecular complexity index is 768. The van der Waals surface area contributed by atoms with Gasteiger partial charge < -0.3 is 4.90 Å². The maximum atomic E-state index is 6.08. The molecule has 0 atom stereocenters. The van der Waals surface area contributed by atoms with Gasteiger partial charge >= 0.3 is 5.95 Å². The number of nitrogens with zero attached hydrogens (tertiary/aromatic N) is 3. The Morgan fingerprint density at radius 2 is 1.71 bits per heavy atom. The van der Waals surface area contributed by atoms with Crippen LogP contribution in [-0.4, -0.2) is 11.5 Å². The van der Waals surface area contributed by atoms with Gasteiger partial charge in [-0.1, -0.05) is 35.3 Å². The number of aromatic nitrogens is 2. The number of rotatable bonds is 3. The molecule has 0 bridgehead atoms. The molecule has 0 radical (unpaired) electrons. The third kappa shape index (κ3) is 2.29. The summed E-state index contributed by atoms with van der Waals surface area (Å²) < 4.78 is 1.91. The molecular formula is C17H19N4+. The molecule has 4 heteroatoms. The zero-order valence-corrected chi connectivity index (χ0v) is 12.3. The second-order valence-electron chi connectivity index (χ2n) is 4.95. The predicted molar refractivity (Wildman–Crippen MR) is 86.5 cm³/mol. The van der Waals surface area contributed by atoms with E-state index >= 15 is 0 Å². The van der Waals surface area contributed by atoms with Gasteiger partial charge in [0.1, 0.15) is 5.52 Å². The Hall–Kier alpha value is -2.62. The number of benzene rings is 2. The maximum absolute atomic E-state index is 6.08. The minimum atomic E-state index is 0.512. The summed E-state index contributed by atoms with van der Waals surface area (Å²) >= 11 is 0. The van der Waals surface area contributed by atoms with Crippen LogP contribution in [0.3, 0.4) is 0 Å². The number of hydrogen-bond acceptors (Lipinski definition) is 3. The molecule has 0 aliphatic rings. The van der Waals surface area contributed by atoms with Crippen molar-refractivity contribution in [2.45, 2.75) is 6.92 Å². The van der Waals surface area contributed by atoms with Crippen molar-refractivity contribution >= 4 is 28.4 Å². The van der Waals surface area contributed by atoms with E-state index < -0.39 is 0 Å². The van der Waals surface area contributed by atoms with Crippen LogP contribution in [-0.2, 0) is 7.05 Å². The monoisotopic (exact) mass is 279 g/mol. The standard InChI is InChI=1S/C17H18N4/c1-3-21(13-9-5-4-6-10-13)16-14-11-7-8-12-15(14)20(2)17(18)19-16/h4-12,18H,3H2,1-2H3/p+1. The van der Waals surface area contributed by atoms with Crippen molar-refractivity contribution in [3.8, 4) is 0 Å². The summed E-state index contributed by atoms with van der Waals surface area (Å²) in [4.78, 5) is 6.79. The molecule has 21 heavy (non-hydrogen) atoms. The van der Waals surface area contributed by atoms with Crippen molar-refractivity contribution in [1.29, 1.82) is 0 Å². The van der Waals surface area contributed by atoms with E-state index in [4.69, 9.17) is 5.73 Å². The molecule has 2 aromatic carbocycles. The van der Waals surface area contributed by atoms with E-state index in [1.54, 1.807) is 0 Å². The first kappa shape index (κ1) is 13.4. The predicted octanol–water partition coefficient (Wildman–Crippen LogP) is 2.80. The third-order valence-electron chi connectivity index (χ3n) is 3.71. The summed E-state index contributed by atoms with van der Waals surface area (Å²) in [5, 5.41) is 1.10. The van der Waals surface area contributed by atoms with Crippen molar-refractivity contribution in [2.24, 2.45) is 7.05 Å². The minimum absolute atomic E-state index is 0.512. The zero-order valence-electron chi connectivity index (χ0n) is 12.3. The average molecular weight is 279 g/mol. The van der Waals surface area contributed by atoms with Crippen LogP contribution in [0.15, 0.2) is 54.6 Å². The molecule has 3 rings (SSSR count). The molecule has 0 aliphatic carbocycles. The van der Waals surface area contributed by atoms with Gasteiger partial charge in [-0.05, 0) is 31.2 Å². The smallest absolute Gasteiger partial charge is 0.312 e. The summed E-state index contributed by atoms with van der Waals surface area (Å²) in [6.45, 7) is 2.95. The summed E-state index contributed by atoms with van der Waals surface area (Å²) in [7, 11) is 1.94. The molecule has 1 aromatic heterocycles. The van der Waals surface area contributed by atoms with Gasteiger partial charge in [-0.2, -0.15) is 0 Å². The first-order valence-corrected chi connectivity index (χ1v) is 7.09. The minimum Gasteiger partial charge on any atom is -0.312 e. The fraction of sp³-hybridized carbons (Fsp3) is 0.176. The largest absolute Gasteiger partial charge is 0.391 e. The van der Waals surface area contributed by atoms with E-state index in [0.717, 1.165) is 29.0 Å². The Balaban J connectivity index is 2.26. The lowest BCUT2D eigenvalue weighted by atomic mass is 10.2. The van der Waals surface area contributed by atoms with Crippen molar-refractivity contribution in [3.05, 3.63) is 54.6 Å². The molecule has 4 nitrogen and oxygen atoms in total. The van der Waals surface area contributed by atoms with E-state index in [9.17, 15) is 0 Å². The molecule has 0 amide bonds. The quantitative estimate of drug-likeness (QED) is 0.750. The number of aryl methyl sites for hydroxylation is 1. The van der Waals surface area contributed by atoms with Gasteiger partial charge in [-0.15, -0.1) is 0 Å². The van der Waals surface area contributed by atoms with E-state index in [-0.39, 0.29) is 0 Å². The molecule has 2 N–H and O–H groups in total. The van der Waals surface area contributed by atoms with Gasteiger partial charge in [0.05, 0.1) is 12.4 Å². The van der Waals surface area contributed by atoms with Gasteiger partial charge in [0.15, 0.2) is 0 Å². The normalized spacial score (nSPS) is 10.8. The fourth-order valence-electron chi connectivity index (χ4n) is 2.59. The van der Waals surface area contributed by atoms with Crippen LogP contribution in [0, 0.1) is 0 Å². The maximum Gasteiger partial charge on any atom is 0.391 e. The van der Waals surface area contributed by atoms with Crippen LogP contribution < -0.4 is 15.2 Å². The lowest BCUT2D eigenvalue weighted by Crippen LogP contribution is -2.35. The number of nitrogens with two attached hydrogens (primary N) is 1. The van der Waals surface area contributed by atoms with Crippen LogP contribution in [0.2, 0.25) is 0 Å². The SMILES string of the molecule is CCN(c1ccccc1)c1nc(N)[n+](C)c2ccccc12. The Labute approximate surface area is 124 Å². The molecular weight excluding hydrogens is 260 g/mol. The van der Waals surface area contributed by atoms with Crippen molar-refractivity contribution in [3.63, 3.8) is 0 Å². The molecule has 0 fully saturated rings. The lowest BCUT2D eigenvalue weighted by Gasteiger charge is -2.21. The number of nitrogen functional groups attached to an aromatic ring is 1. The van der Waals surface area contributed by atoms with Crippen LogP contribution >= 0.6 is 0 Å². The molecule has 0 saturated carbocycles. The Kier molecular flexibility index (Phi) is 3.44. The van der Waals surface area contributed by atoms with E-state index in [0.29, 0.717) is 5.95 Å². The van der Waals surface area contributed by atoms with Crippen molar-refractivity contribution < 1.29 is 4.57 Å². The number of hydrogen-bond donors (Lipinski definition) is 1. The molecule has 3 aromatic rings. The van der Waals surface area contributed by atoms with Crippen molar-refractivity contribution in [2.75, 3.05) is 17.2 Å². The highest BCUT2D eigenvalue weighted by Gasteiger charge is 2.20. The molecule has 1 heterocycles. The lowest BCUT2D eigenvalue weighted by molar-refractivity contribution is -0.632. The highest BCUT2D eigenvalue weighted by Crippen LogP contribution is 2.29. The van der Waals surface area contributed by atoms with Gasteiger partial charge in [0, 0.05) is 12.2 Å². The molecule has 0 spiro atoms. The van der Waals surface area contributed by atoms with Gasteiger partial charge in [-0.25, -0.2) is 4.57 Å². The highest BCUT2D eigenvalue weighted by molar-refractivity contribution is 5.90. The third-order valence-corrected chi connectivity index (χ3v) is 3.71. The van der Waals surface area contributed by atoms with Crippen LogP contribution in [0.4, 0.5) is 17.5 Å². The topological polar surface area (TPSA) is 46.0 Å². The van der Waals surface area contributed by atoms with Gasteiger partial charge in [0.2, 0.25) is 5.82 Å². The highest BCUT2D eigenvalue weighted by atomic mass is 15.2. The van der Waals surface area contributed by atoms with Crippen LogP contribution in [0.1, 0.15) is 6.92 Å².